The molecule has 0 aromatic carbocycles. The van der Waals surface area contributed by atoms with Crippen molar-refractivity contribution in [2.45, 2.75) is 25.5 Å². The fourth-order valence-electron chi connectivity index (χ4n) is 1.96. The van der Waals surface area contributed by atoms with Gasteiger partial charge in [-0.3, -0.25) is 9.80 Å². The first-order valence-electron chi connectivity index (χ1n) is 5.13. The number of likely N-dealkylation sites (N-methyl/N-ethyl adjacent to an activating group) is 1. The molecule has 1 atom stereocenters. The van der Waals surface area contributed by atoms with E-state index in [9.17, 15) is 0 Å². The molecule has 2 fully saturated rings. The van der Waals surface area contributed by atoms with Gasteiger partial charge in [0.2, 0.25) is 0 Å². The third-order valence-corrected chi connectivity index (χ3v) is 3.26. The Morgan fingerprint density at radius 2 is 2.08 bits per heavy atom. The number of ether oxygens (including phenoxy) is 1. The average molecular weight is 184 g/mol. The monoisotopic (exact) mass is 184 g/mol. The minimum Gasteiger partial charge on any atom is -0.372 e. The highest BCUT2D eigenvalue weighted by Gasteiger charge is 2.34. The van der Waals surface area contributed by atoms with Crippen LogP contribution < -0.4 is 0 Å². The quantitative estimate of drug-likeness (QED) is 0.579. The summed E-state index contributed by atoms with van der Waals surface area (Å²) in [5.74, 6) is 0. The van der Waals surface area contributed by atoms with Crippen LogP contribution in [0.15, 0.2) is 0 Å². The van der Waals surface area contributed by atoms with E-state index in [1.165, 1.54) is 19.6 Å². The largest absolute Gasteiger partial charge is 0.372 e. The summed E-state index contributed by atoms with van der Waals surface area (Å²) in [7, 11) is 2.21. The van der Waals surface area contributed by atoms with Gasteiger partial charge >= 0.3 is 0 Å². The Kier molecular flexibility index (Phi) is 2.34. The van der Waals surface area contributed by atoms with Gasteiger partial charge in [0.05, 0.1) is 12.7 Å². The van der Waals surface area contributed by atoms with Crippen LogP contribution in [-0.2, 0) is 4.74 Å². The second-order valence-electron chi connectivity index (χ2n) is 4.92. The van der Waals surface area contributed by atoms with Gasteiger partial charge in [-0.2, -0.15) is 0 Å². The molecule has 0 saturated carbocycles. The van der Waals surface area contributed by atoms with Gasteiger partial charge < -0.3 is 4.74 Å². The normalized spacial score (nSPS) is 34.8. The number of piperazine rings is 1. The summed E-state index contributed by atoms with van der Waals surface area (Å²) >= 11 is 0. The minimum absolute atomic E-state index is 0.327. The lowest BCUT2D eigenvalue weighted by atomic mass is 10.00. The summed E-state index contributed by atoms with van der Waals surface area (Å²) in [5.41, 5.74) is 0.327. The van der Waals surface area contributed by atoms with Gasteiger partial charge in [-0.1, -0.05) is 0 Å². The van der Waals surface area contributed by atoms with E-state index in [1.807, 2.05) is 0 Å². The lowest BCUT2D eigenvalue weighted by molar-refractivity contribution is 0.0368. The molecule has 3 heteroatoms. The Bertz CT molecular complexity index is 189. The molecule has 2 saturated heterocycles. The standard InChI is InChI=1S/C10H20N2O/c1-10(2)8-12(5-4-11(10)3)6-9-7-13-9/h9H,4-8H2,1-3H3/t9-/m1/s1. The predicted molar refractivity (Wildman–Crippen MR) is 52.9 cm³/mol. The van der Waals surface area contributed by atoms with E-state index in [0.717, 1.165) is 13.2 Å². The number of hydrogen-bond donors (Lipinski definition) is 0. The molecule has 13 heavy (non-hydrogen) atoms. The molecule has 0 unspecified atom stereocenters. The van der Waals surface area contributed by atoms with E-state index in [1.54, 1.807) is 0 Å². The van der Waals surface area contributed by atoms with Crippen molar-refractivity contribution < 1.29 is 4.74 Å². The second kappa shape index (κ2) is 3.23. The van der Waals surface area contributed by atoms with E-state index in [-0.39, 0.29) is 0 Å². The van der Waals surface area contributed by atoms with Crippen molar-refractivity contribution in [2.75, 3.05) is 39.8 Å². The molecule has 0 spiro atoms. The molecule has 0 N–H and O–H groups in total. The molecule has 0 radical (unpaired) electrons. The van der Waals surface area contributed by atoms with Crippen LogP contribution in [0.25, 0.3) is 0 Å². The summed E-state index contributed by atoms with van der Waals surface area (Å²) in [6.45, 7) is 10.3. The fourth-order valence-corrected chi connectivity index (χ4v) is 1.96. The summed E-state index contributed by atoms with van der Waals surface area (Å²) in [6.07, 6.45) is 0.541. The summed E-state index contributed by atoms with van der Waals surface area (Å²) in [5, 5.41) is 0. The van der Waals surface area contributed by atoms with Crippen LogP contribution in [0.3, 0.4) is 0 Å². The molecular weight excluding hydrogens is 164 g/mol. The third-order valence-electron chi connectivity index (χ3n) is 3.26. The van der Waals surface area contributed by atoms with Gasteiger partial charge in [-0.15, -0.1) is 0 Å². The molecule has 0 bridgehead atoms. The molecular formula is C10H20N2O. The van der Waals surface area contributed by atoms with Gasteiger partial charge in [0.25, 0.3) is 0 Å². The maximum atomic E-state index is 5.25. The van der Waals surface area contributed by atoms with Gasteiger partial charge in [-0.25, -0.2) is 0 Å². The van der Waals surface area contributed by atoms with Crippen molar-refractivity contribution in [1.29, 1.82) is 0 Å². The zero-order chi connectivity index (χ0) is 9.47. The lowest BCUT2D eigenvalue weighted by Gasteiger charge is -2.45. The second-order valence-corrected chi connectivity index (χ2v) is 4.92. The Balaban J connectivity index is 1.86. The summed E-state index contributed by atoms with van der Waals surface area (Å²) < 4.78 is 5.25. The Labute approximate surface area is 80.6 Å². The van der Waals surface area contributed by atoms with E-state index >= 15 is 0 Å². The van der Waals surface area contributed by atoms with Crippen molar-refractivity contribution in [2.24, 2.45) is 0 Å². The van der Waals surface area contributed by atoms with Crippen molar-refractivity contribution in [3.05, 3.63) is 0 Å². The molecule has 0 aromatic rings. The van der Waals surface area contributed by atoms with Gasteiger partial charge in [-0.05, 0) is 20.9 Å². The van der Waals surface area contributed by atoms with Crippen LogP contribution in [0, 0.1) is 0 Å². The fraction of sp³-hybridized carbons (Fsp3) is 1.00. The molecule has 0 amide bonds. The van der Waals surface area contributed by atoms with Crippen molar-refractivity contribution in [3.8, 4) is 0 Å². The van der Waals surface area contributed by atoms with Crippen LogP contribution in [-0.4, -0.2) is 61.3 Å². The van der Waals surface area contributed by atoms with Crippen molar-refractivity contribution >= 4 is 0 Å². The highest BCUT2D eigenvalue weighted by molar-refractivity contribution is 4.89. The number of hydrogen-bond acceptors (Lipinski definition) is 3. The van der Waals surface area contributed by atoms with Gasteiger partial charge in [0.1, 0.15) is 0 Å². The van der Waals surface area contributed by atoms with E-state index in [0.29, 0.717) is 11.6 Å². The van der Waals surface area contributed by atoms with E-state index < -0.39 is 0 Å². The SMILES string of the molecule is CN1CCN(C[C@@H]2CO2)CC1(C)C. The smallest absolute Gasteiger partial charge is 0.0936 e. The molecule has 76 valence electrons. The first-order chi connectivity index (χ1) is 6.08. The number of epoxide rings is 1. The average Bonchev–Trinajstić information content (AvgIpc) is 2.80. The Morgan fingerprint density at radius 3 is 2.62 bits per heavy atom. The Morgan fingerprint density at radius 1 is 1.38 bits per heavy atom. The highest BCUT2D eigenvalue weighted by atomic mass is 16.6. The van der Waals surface area contributed by atoms with Crippen LogP contribution in [0.5, 0.6) is 0 Å². The molecule has 3 nitrogen and oxygen atoms in total. The molecule has 2 aliphatic heterocycles. The highest BCUT2D eigenvalue weighted by Crippen LogP contribution is 2.20. The van der Waals surface area contributed by atoms with Crippen molar-refractivity contribution in [1.82, 2.24) is 9.80 Å². The molecule has 0 aromatic heterocycles. The van der Waals surface area contributed by atoms with Gasteiger partial charge in [0, 0.05) is 31.7 Å². The number of rotatable bonds is 2. The van der Waals surface area contributed by atoms with Crippen LogP contribution in [0.4, 0.5) is 0 Å². The molecule has 0 aliphatic carbocycles. The third kappa shape index (κ3) is 2.22. The molecule has 2 heterocycles. The van der Waals surface area contributed by atoms with Crippen LogP contribution in [0.2, 0.25) is 0 Å². The maximum Gasteiger partial charge on any atom is 0.0936 e. The van der Waals surface area contributed by atoms with Crippen LogP contribution >= 0.6 is 0 Å². The predicted octanol–water partition coefficient (Wildman–Crippen LogP) is 0.411. The number of nitrogens with zero attached hydrogens (tertiary/aromatic N) is 2. The molecule has 2 rings (SSSR count). The topological polar surface area (TPSA) is 19.0 Å². The van der Waals surface area contributed by atoms with Crippen molar-refractivity contribution in [3.63, 3.8) is 0 Å². The first kappa shape index (κ1) is 9.44. The Hall–Kier alpha value is -0.120. The zero-order valence-electron chi connectivity index (χ0n) is 8.92. The van der Waals surface area contributed by atoms with Crippen LogP contribution in [0.1, 0.15) is 13.8 Å². The summed E-state index contributed by atoms with van der Waals surface area (Å²) in [6, 6.07) is 0. The van der Waals surface area contributed by atoms with E-state index in [4.69, 9.17) is 4.74 Å². The van der Waals surface area contributed by atoms with Gasteiger partial charge in [0.15, 0.2) is 0 Å². The maximum absolute atomic E-state index is 5.25. The molecule has 2 aliphatic rings. The minimum atomic E-state index is 0.327. The lowest BCUT2D eigenvalue weighted by Crippen LogP contribution is -2.58. The van der Waals surface area contributed by atoms with E-state index in [2.05, 4.69) is 30.7 Å². The zero-order valence-corrected chi connectivity index (χ0v) is 8.92. The first-order valence-corrected chi connectivity index (χ1v) is 5.13. The summed E-state index contributed by atoms with van der Waals surface area (Å²) in [4.78, 5) is 4.97.